The van der Waals surface area contributed by atoms with E-state index in [4.69, 9.17) is 10.7 Å². The van der Waals surface area contributed by atoms with Crippen LogP contribution in [-0.2, 0) is 11.3 Å². The van der Waals surface area contributed by atoms with Crippen LogP contribution in [0.15, 0.2) is 78.9 Å². The Morgan fingerprint density at radius 1 is 1.24 bits per heavy atom. The molecule has 3 N–H and O–H groups in total. The van der Waals surface area contributed by atoms with Crippen LogP contribution < -0.4 is 5.73 Å². The van der Waals surface area contributed by atoms with Crippen molar-refractivity contribution >= 4 is 11.6 Å². The topological polar surface area (TPSA) is 118 Å². The lowest BCUT2D eigenvalue weighted by Gasteiger charge is -2.11. The molecule has 0 bridgehead atoms. The summed E-state index contributed by atoms with van der Waals surface area (Å²) in [6.45, 7) is 4.31. The second kappa shape index (κ2) is 9.95. The molecular weight excluding hydrogens is 428 g/mol. The van der Waals surface area contributed by atoms with Gasteiger partial charge in [-0.05, 0) is 56.5 Å². The van der Waals surface area contributed by atoms with Gasteiger partial charge in [-0.3, -0.25) is 9.78 Å². The molecule has 0 unspecified atom stereocenters. The highest BCUT2D eigenvalue weighted by Crippen LogP contribution is 2.29. The summed E-state index contributed by atoms with van der Waals surface area (Å²) in [5.74, 6) is 0.261. The summed E-state index contributed by atoms with van der Waals surface area (Å²) in [4.78, 5) is 30.8. The number of fused-ring (bicyclic) bond motifs is 1. The molecule has 4 aromatic heterocycles. The van der Waals surface area contributed by atoms with Crippen molar-refractivity contribution in [2.75, 3.05) is 7.05 Å². The molecule has 172 valence electrons. The molecule has 4 heterocycles. The number of hydrogen-bond acceptors (Lipinski definition) is 6. The molecule has 34 heavy (non-hydrogen) atoms. The molecule has 0 radical (unpaired) electrons. The van der Waals surface area contributed by atoms with E-state index in [0.717, 1.165) is 39.8 Å². The maximum absolute atomic E-state index is 11.7. The highest BCUT2D eigenvalue weighted by Gasteiger charge is 2.17. The van der Waals surface area contributed by atoms with Crippen LogP contribution in [0, 0.1) is 6.92 Å². The van der Waals surface area contributed by atoms with Crippen LogP contribution in [0.5, 0.6) is 0 Å². The summed E-state index contributed by atoms with van der Waals surface area (Å²) < 4.78 is 1.72. The van der Waals surface area contributed by atoms with Gasteiger partial charge in [0.1, 0.15) is 12.2 Å². The number of aromatic amines is 1. The summed E-state index contributed by atoms with van der Waals surface area (Å²) in [7, 11) is 1.90. The number of nitrogens with two attached hydrogens (primary N) is 1. The lowest BCUT2D eigenvalue weighted by molar-refractivity contribution is -0.114. The average molecular weight is 455 g/mol. The van der Waals surface area contributed by atoms with Gasteiger partial charge in [0.2, 0.25) is 5.91 Å². The average Bonchev–Trinajstić information content (AvgIpc) is 3.45. The van der Waals surface area contributed by atoms with Crippen LogP contribution in [0.4, 0.5) is 0 Å². The molecule has 0 aliphatic rings. The number of amides is 1. The fourth-order valence-corrected chi connectivity index (χ4v) is 3.45. The Labute approximate surface area is 197 Å². The molecular formula is C25H26N8O. The fraction of sp³-hybridized carbons (Fsp3) is 0.160. The Morgan fingerprint density at radius 3 is 2.85 bits per heavy atom. The fourth-order valence-electron chi connectivity index (χ4n) is 3.45. The molecule has 0 saturated heterocycles. The molecule has 9 heteroatoms. The molecule has 9 nitrogen and oxygen atoms in total. The number of allylic oxidation sites excluding steroid dienone is 3. The van der Waals surface area contributed by atoms with Crippen LogP contribution >= 0.6 is 0 Å². The number of aryl methyl sites for hydroxylation is 1. The predicted octanol–water partition coefficient (Wildman–Crippen LogP) is 3.42. The first kappa shape index (κ1) is 22.7. The normalized spacial score (nSPS) is 12.3. The van der Waals surface area contributed by atoms with E-state index in [-0.39, 0.29) is 0 Å². The van der Waals surface area contributed by atoms with Crippen LogP contribution in [0.3, 0.4) is 0 Å². The van der Waals surface area contributed by atoms with Crippen molar-refractivity contribution in [3.05, 3.63) is 90.5 Å². The van der Waals surface area contributed by atoms with Gasteiger partial charge in [0.15, 0.2) is 5.65 Å². The second-order valence-corrected chi connectivity index (χ2v) is 7.79. The zero-order valence-corrected chi connectivity index (χ0v) is 19.3. The lowest BCUT2D eigenvalue weighted by Crippen LogP contribution is -2.15. The first-order chi connectivity index (χ1) is 16.4. The number of primary amides is 1. The molecule has 0 aromatic carbocycles. The Kier molecular flexibility index (Phi) is 6.63. The zero-order chi connectivity index (χ0) is 24.1. The third kappa shape index (κ3) is 5.09. The Balaban J connectivity index is 1.68. The Bertz CT molecular complexity index is 1410. The van der Waals surface area contributed by atoms with Crippen molar-refractivity contribution in [3.63, 3.8) is 0 Å². The molecule has 0 aliphatic carbocycles. The number of H-pyrrole nitrogens is 1. The largest absolute Gasteiger partial charge is 0.373 e. The molecule has 0 atom stereocenters. The number of rotatable bonds is 8. The Morgan fingerprint density at radius 2 is 2.09 bits per heavy atom. The van der Waals surface area contributed by atoms with E-state index in [0.29, 0.717) is 12.1 Å². The Hall–Kier alpha value is -4.53. The molecule has 0 aliphatic heterocycles. The first-order valence-electron chi connectivity index (χ1n) is 10.8. The van der Waals surface area contributed by atoms with Crippen molar-refractivity contribution < 1.29 is 4.79 Å². The number of nitrogens with one attached hydrogen (secondary N) is 1. The number of nitrogens with zero attached hydrogens (tertiary/aromatic N) is 6. The first-order valence-corrected chi connectivity index (χ1v) is 10.8. The smallest absolute Gasteiger partial charge is 0.248 e. The van der Waals surface area contributed by atoms with Crippen molar-refractivity contribution in [2.45, 2.75) is 20.4 Å². The summed E-state index contributed by atoms with van der Waals surface area (Å²) in [6, 6.07) is 9.76. The summed E-state index contributed by atoms with van der Waals surface area (Å²) >= 11 is 0. The predicted molar refractivity (Wildman–Crippen MR) is 131 cm³/mol. The molecule has 4 rings (SSSR count). The number of carbonyl (C=O) groups is 1. The minimum absolute atomic E-state index is 0.413. The van der Waals surface area contributed by atoms with Crippen LogP contribution in [0.1, 0.15) is 18.4 Å². The number of imidazole rings is 1. The monoisotopic (exact) mass is 454 g/mol. The van der Waals surface area contributed by atoms with Gasteiger partial charge >= 0.3 is 0 Å². The van der Waals surface area contributed by atoms with Gasteiger partial charge in [-0.15, -0.1) is 0 Å². The van der Waals surface area contributed by atoms with E-state index < -0.39 is 5.91 Å². The minimum atomic E-state index is -0.487. The quantitative estimate of drug-likeness (QED) is 0.311. The minimum Gasteiger partial charge on any atom is -0.373 e. The van der Waals surface area contributed by atoms with Crippen molar-refractivity contribution in [1.29, 1.82) is 0 Å². The molecule has 4 aromatic rings. The van der Waals surface area contributed by atoms with Crippen molar-refractivity contribution in [3.8, 4) is 22.6 Å². The van der Waals surface area contributed by atoms with E-state index in [1.165, 1.54) is 6.33 Å². The third-order valence-corrected chi connectivity index (χ3v) is 5.11. The maximum Gasteiger partial charge on any atom is 0.248 e. The highest BCUT2D eigenvalue weighted by molar-refractivity contribution is 5.95. The summed E-state index contributed by atoms with van der Waals surface area (Å²) in [5, 5.41) is 4.24. The molecule has 0 fully saturated rings. The SMILES string of the molecule is C\C=C/C=C(\C=C\N(C)Cc1nc(-c2ccc3ncnn3c2)c(-c2cccc(C)n2)[nH]1)C(N)=O. The highest BCUT2D eigenvalue weighted by atomic mass is 16.1. The van der Waals surface area contributed by atoms with Gasteiger partial charge in [0.25, 0.3) is 0 Å². The number of hydrogen-bond donors (Lipinski definition) is 2. The van der Waals surface area contributed by atoms with Crippen molar-refractivity contribution in [2.24, 2.45) is 5.73 Å². The van der Waals surface area contributed by atoms with E-state index in [9.17, 15) is 4.79 Å². The van der Waals surface area contributed by atoms with Crippen LogP contribution in [0.25, 0.3) is 28.3 Å². The van der Waals surface area contributed by atoms with Gasteiger partial charge in [-0.25, -0.2) is 14.5 Å². The second-order valence-electron chi connectivity index (χ2n) is 7.79. The van der Waals surface area contributed by atoms with E-state index >= 15 is 0 Å². The molecule has 0 saturated carbocycles. The molecule has 0 spiro atoms. The van der Waals surface area contributed by atoms with Gasteiger partial charge in [0.05, 0.1) is 23.6 Å². The van der Waals surface area contributed by atoms with Gasteiger partial charge in [-0.1, -0.05) is 18.2 Å². The number of carbonyl (C=O) groups excluding carboxylic acids is 1. The maximum atomic E-state index is 11.7. The third-order valence-electron chi connectivity index (χ3n) is 5.11. The zero-order valence-electron chi connectivity index (χ0n) is 19.3. The van der Waals surface area contributed by atoms with Gasteiger partial charge < -0.3 is 15.6 Å². The molecule has 1 amide bonds. The number of aromatic nitrogens is 6. The van der Waals surface area contributed by atoms with Gasteiger partial charge in [-0.2, -0.15) is 5.10 Å². The van der Waals surface area contributed by atoms with Crippen molar-refractivity contribution in [1.82, 2.24) is 34.4 Å². The van der Waals surface area contributed by atoms with Gasteiger partial charge in [0, 0.05) is 30.1 Å². The lowest BCUT2D eigenvalue weighted by atomic mass is 10.1. The van der Waals surface area contributed by atoms with Crippen LogP contribution in [0.2, 0.25) is 0 Å². The van der Waals surface area contributed by atoms with E-state index in [1.54, 1.807) is 28.9 Å². The van der Waals surface area contributed by atoms with Crippen LogP contribution in [-0.4, -0.2) is 47.4 Å². The summed E-state index contributed by atoms with van der Waals surface area (Å²) in [6.07, 6.45) is 12.2. The number of pyridine rings is 2. The van der Waals surface area contributed by atoms with E-state index in [1.807, 2.05) is 68.4 Å². The van der Waals surface area contributed by atoms with E-state index in [2.05, 4.69) is 20.1 Å². The summed E-state index contributed by atoms with van der Waals surface area (Å²) in [5.41, 5.74) is 10.8. The standard InChI is InChI=1S/C25H26N8O/c1-4-5-8-18(25(26)34)12-13-32(3)15-21-30-23(19-10-11-22-27-16-28-33(22)14-19)24(31-21)20-9-6-7-17(2)29-20/h4-14,16H,15H2,1-3H3,(H2,26,34)(H,30,31)/b5-4-,13-12+,18-8+.